The van der Waals surface area contributed by atoms with E-state index in [1.807, 2.05) is 11.6 Å². The Kier molecular flexibility index (Phi) is 9.29. The van der Waals surface area contributed by atoms with Gasteiger partial charge in [0.05, 0.1) is 17.8 Å². The van der Waals surface area contributed by atoms with Crippen LogP contribution < -0.4 is 9.54 Å². The highest BCUT2D eigenvalue weighted by Gasteiger charge is 2.15. The smallest absolute Gasteiger partial charge is 0.206 e. The monoisotopic (exact) mass is 632 g/mol. The van der Waals surface area contributed by atoms with Crippen molar-refractivity contribution in [3.63, 3.8) is 0 Å². The second-order valence-corrected chi connectivity index (χ2v) is 11.4. The maximum Gasteiger partial charge on any atom is 0.206 e. The number of thiazole rings is 1. The van der Waals surface area contributed by atoms with Crippen LogP contribution in [0.4, 0.5) is 4.39 Å². The number of benzene rings is 3. The summed E-state index contributed by atoms with van der Waals surface area (Å²) >= 11 is 21.9. The van der Waals surface area contributed by atoms with E-state index in [1.54, 1.807) is 77.2 Å². The molecule has 0 radical (unpaired) electrons. The first-order valence-electron chi connectivity index (χ1n) is 11.8. The average molecular weight is 634 g/mol. The topological polar surface area (TPSA) is 64.9 Å². The molecule has 0 aliphatic heterocycles. The molecule has 204 valence electrons. The molecular formula is C28H20Cl3FN4O2S2. The predicted molar refractivity (Wildman–Crippen MR) is 163 cm³/mol. The molecule has 0 N–H and O–H groups in total. The first-order valence-corrected chi connectivity index (χ1v) is 15.2. The fourth-order valence-corrected chi connectivity index (χ4v) is 5.17. The molecule has 40 heavy (non-hydrogen) atoms. The Labute approximate surface area is 252 Å². The van der Waals surface area contributed by atoms with E-state index in [4.69, 9.17) is 54.2 Å². The van der Waals surface area contributed by atoms with Crippen molar-refractivity contribution in [2.75, 3.05) is 18.6 Å². The van der Waals surface area contributed by atoms with Crippen LogP contribution in [0.2, 0.25) is 15.1 Å². The highest BCUT2D eigenvalue weighted by Crippen LogP contribution is 2.34. The molecule has 0 amide bonds. The van der Waals surface area contributed by atoms with Gasteiger partial charge in [-0.15, -0.1) is 11.3 Å². The van der Waals surface area contributed by atoms with Crippen LogP contribution in [0.1, 0.15) is 5.56 Å². The number of hydrogen-bond acceptors (Lipinski definition) is 7. The van der Waals surface area contributed by atoms with Gasteiger partial charge in [-0.05, 0) is 54.8 Å². The zero-order valence-corrected chi connectivity index (χ0v) is 24.8. The molecule has 6 nitrogen and oxygen atoms in total. The maximum absolute atomic E-state index is 13.4. The zero-order chi connectivity index (χ0) is 28.1. The second-order valence-electron chi connectivity index (χ2n) is 8.28. The maximum atomic E-state index is 13.4. The van der Waals surface area contributed by atoms with Crippen LogP contribution in [0.5, 0.6) is 11.5 Å². The van der Waals surface area contributed by atoms with E-state index in [1.165, 1.54) is 23.5 Å². The molecule has 0 aliphatic rings. The summed E-state index contributed by atoms with van der Waals surface area (Å²) in [5.74, 6) is 1.85. The molecule has 0 unspecified atom stereocenters. The minimum Gasteiger partial charge on any atom is -0.455 e. The van der Waals surface area contributed by atoms with Crippen molar-refractivity contribution >= 4 is 64.1 Å². The lowest BCUT2D eigenvalue weighted by atomic mass is 10.1. The lowest BCUT2D eigenvalue weighted by molar-refractivity contribution is 0.432. The standard InChI is InChI=1S/C28H20Cl3FN4O2S2/c1-39-11-10-33-28-36(24(16-40-28)27-14-23(35-38-27)17-3-7-21(32)8-4-17)34-15-18-2-5-19(29)12-25(18)37-26-13-20(30)6-9-22(26)31/h2-9,12-16H,10-11H2,1H3/b33-28?,34-15+. The van der Waals surface area contributed by atoms with Gasteiger partial charge in [-0.3, -0.25) is 4.99 Å². The van der Waals surface area contributed by atoms with E-state index in [-0.39, 0.29) is 5.82 Å². The largest absolute Gasteiger partial charge is 0.455 e. The van der Waals surface area contributed by atoms with E-state index < -0.39 is 0 Å². The van der Waals surface area contributed by atoms with Crippen LogP contribution in [0.3, 0.4) is 0 Å². The quantitative estimate of drug-likeness (QED) is 0.120. The summed E-state index contributed by atoms with van der Waals surface area (Å²) in [5, 5.41) is 12.2. The normalized spacial score (nSPS) is 12.0. The number of ether oxygens (including phenoxy) is 1. The highest BCUT2D eigenvalue weighted by atomic mass is 35.5. The second kappa shape index (κ2) is 13.1. The summed E-state index contributed by atoms with van der Waals surface area (Å²) in [6, 6.07) is 18.0. The van der Waals surface area contributed by atoms with Crippen LogP contribution in [-0.4, -0.2) is 34.6 Å². The Balaban J connectivity index is 1.53. The van der Waals surface area contributed by atoms with E-state index in [0.29, 0.717) is 60.6 Å². The van der Waals surface area contributed by atoms with Gasteiger partial charge in [0.25, 0.3) is 0 Å². The molecule has 3 aromatic carbocycles. The lowest BCUT2D eigenvalue weighted by Gasteiger charge is -2.11. The van der Waals surface area contributed by atoms with E-state index in [0.717, 1.165) is 11.3 Å². The van der Waals surface area contributed by atoms with Crippen molar-refractivity contribution in [3.05, 3.63) is 103 Å². The van der Waals surface area contributed by atoms with E-state index in [9.17, 15) is 4.39 Å². The Morgan fingerprint density at radius 1 is 1.02 bits per heavy atom. The predicted octanol–water partition coefficient (Wildman–Crippen LogP) is 8.91. The molecule has 0 fully saturated rings. The van der Waals surface area contributed by atoms with Crippen LogP contribution in [0.15, 0.2) is 86.7 Å². The third-order valence-electron chi connectivity index (χ3n) is 5.53. The minimum atomic E-state index is -0.322. The van der Waals surface area contributed by atoms with E-state index in [2.05, 4.69) is 5.16 Å². The van der Waals surface area contributed by atoms with E-state index >= 15 is 0 Å². The van der Waals surface area contributed by atoms with Crippen molar-refractivity contribution < 1.29 is 13.7 Å². The van der Waals surface area contributed by atoms with Crippen LogP contribution >= 0.6 is 57.9 Å². The Hall–Kier alpha value is -3.08. The number of halogens is 4. The third-order valence-corrected chi connectivity index (χ3v) is 7.76. The number of nitrogens with zero attached hydrogens (tertiary/aromatic N) is 4. The van der Waals surface area contributed by atoms with Gasteiger partial charge in [-0.2, -0.15) is 16.9 Å². The summed E-state index contributed by atoms with van der Waals surface area (Å²) in [6.45, 7) is 0.621. The molecule has 0 saturated heterocycles. The van der Waals surface area contributed by atoms with Crippen LogP contribution in [0, 0.1) is 5.82 Å². The fraction of sp³-hybridized carbons (Fsp3) is 0.107. The van der Waals surface area contributed by atoms with Crippen molar-refractivity contribution in [1.82, 2.24) is 9.83 Å². The Morgan fingerprint density at radius 3 is 2.55 bits per heavy atom. The van der Waals surface area contributed by atoms with Gasteiger partial charge in [-0.25, -0.2) is 9.07 Å². The van der Waals surface area contributed by atoms with Gasteiger partial charge < -0.3 is 9.26 Å². The molecule has 0 bridgehead atoms. The van der Waals surface area contributed by atoms with Gasteiger partial charge in [-0.1, -0.05) is 40.0 Å². The van der Waals surface area contributed by atoms with Gasteiger partial charge in [0.1, 0.15) is 28.7 Å². The summed E-state index contributed by atoms with van der Waals surface area (Å²) < 4.78 is 26.8. The molecule has 5 rings (SSSR count). The molecule has 0 spiro atoms. The summed E-state index contributed by atoms with van der Waals surface area (Å²) in [6.07, 6.45) is 3.67. The lowest BCUT2D eigenvalue weighted by Crippen LogP contribution is -2.13. The summed E-state index contributed by atoms with van der Waals surface area (Å²) in [4.78, 5) is 5.39. The summed E-state index contributed by atoms with van der Waals surface area (Å²) in [5.41, 5.74) is 2.60. The molecule has 12 heteroatoms. The van der Waals surface area contributed by atoms with Crippen molar-refractivity contribution in [2.24, 2.45) is 10.1 Å². The van der Waals surface area contributed by atoms with Crippen LogP contribution in [0.25, 0.3) is 22.7 Å². The van der Waals surface area contributed by atoms with Crippen molar-refractivity contribution in [1.29, 1.82) is 0 Å². The number of rotatable bonds is 9. The highest BCUT2D eigenvalue weighted by molar-refractivity contribution is 7.98. The van der Waals surface area contributed by atoms with Crippen molar-refractivity contribution in [2.45, 2.75) is 0 Å². The number of aromatic nitrogens is 2. The molecular weight excluding hydrogens is 614 g/mol. The molecule has 0 saturated carbocycles. The SMILES string of the molecule is CSCCN=c1scc(-c2cc(-c3ccc(F)cc3)no2)n1/N=C/c1ccc(Cl)cc1Oc1cc(Cl)ccc1Cl. The van der Waals surface area contributed by atoms with Gasteiger partial charge in [0.15, 0.2) is 5.76 Å². The minimum absolute atomic E-state index is 0.322. The molecule has 5 aromatic rings. The van der Waals surface area contributed by atoms with Gasteiger partial charge in [0.2, 0.25) is 4.80 Å². The van der Waals surface area contributed by atoms with Crippen LogP contribution in [-0.2, 0) is 0 Å². The summed E-state index contributed by atoms with van der Waals surface area (Å²) in [7, 11) is 0. The molecule has 0 aliphatic carbocycles. The van der Waals surface area contributed by atoms with Gasteiger partial charge in [0, 0.05) is 50.5 Å². The average Bonchev–Trinajstić information content (AvgIpc) is 3.58. The number of thioether (sulfide) groups is 1. The Morgan fingerprint density at radius 2 is 1.77 bits per heavy atom. The molecule has 2 heterocycles. The molecule has 0 atom stereocenters. The first kappa shape index (κ1) is 28.4. The third kappa shape index (κ3) is 6.79. The fourth-order valence-electron chi connectivity index (χ4n) is 3.57. The number of hydrogen-bond donors (Lipinski definition) is 0. The first-order chi connectivity index (χ1) is 19.4. The Bertz CT molecular complexity index is 1730. The zero-order valence-electron chi connectivity index (χ0n) is 20.9. The van der Waals surface area contributed by atoms with Crippen molar-refractivity contribution in [3.8, 4) is 34.2 Å². The van der Waals surface area contributed by atoms with Gasteiger partial charge >= 0.3 is 0 Å². The molecule has 2 aromatic heterocycles.